The molecule has 0 nitrogen and oxygen atoms in total. The molecule has 0 bridgehead atoms. The molecule has 0 saturated heterocycles. The molecule has 0 aliphatic carbocycles. The van der Waals surface area contributed by atoms with Crippen molar-refractivity contribution in [2.45, 2.75) is 26.7 Å². The second-order valence-corrected chi connectivity index (χ2v) is 1.000. The van der Waals surface area contributed by atoms with E-state index in [-0.39, 0.29) is 226 Å². The Balaban J connectivity index is -0.00000000300. The molecule has 0 heterocycles. The van der Waals surface area contributed by atoms with Crippen molar-refractivity contribution in [2.75, 3.05) is 0 Å². The summed E-state index contributed by atoms with van der Waals surface area (Å²) < 4.78 is 0. The molecule has 0 amide bonds. The smallest absolute Gasteiger partial charge is 0 e. The van der Waals surface area contributed by atoms with E-state index in [0.717, 1.165) is 0 Å². The minimum atomic E-state index is 0. The largest absolute Gasteiger partial charge is 0.0654 e. The molecule has 0 fully saturated rings. The van der Waals surface area contributed by atoms with Gasteiger partial charge in [-0.15, -0.1) is 0 Å². The minimum Gasteiger partial charge on any atom is -0.0654 e. The Morgan fingerprint density at radius 2 is 0.600 bits per heavy atom. The van der Waals surface area contributed by atoms with Gasteiger partial charge < -0.3 is 0 Å². The Morgan fingerprint density at radius 1 is 0.500 bits per heavy atom. The van der Waals surface area contributed by atoms with Gasteiger partial charge in [0, 0.05) is 226 Å². The quantitative estimate of drug-likeness (QED) is 0.692. The maximum atomic E-state index is 2.18. The topological polar surface area (TPSA) is 0 Å². The van der Waals surface area contributed by atoms with Gasteiger partial charge in [0.05, 0.1) is 0 Å². The van der Waals surface area contributed by atoms with Crippen molar-refractivity contribution in [2.24, 2.45) is 0 Å². The number of rotatable bonds is 1. The van der Waals surface area contributed by atoms with Gasteiger partial charge >= 0.3 is 0 Å². The second-order valence-electron chi connectivity index (χ2n) is 1.000. The van der Waals surface area contributed by atoms with Crippen molar-refractivity contribution in [3.63, 3.8) is 0 Å². The van der Waals surface area contributed by atoms with Crippen LogP contribution >= 0.6 is 0 Å². The van der Waals surface area contributed by atoms with Crippen LogP contribution in [0.15, 0.2) is 0 Å². The first-order chi connectivity index (χ1) is 1.91. The first kappa shape index (κ1) is 43.2. The molecule has 6 heteroatoms. The van der Waals surface area contributed by atoms with E-state index in [9.17, 15) is 0 Å². The number of hydrogen-bond acceptors (Lipinski definition) is 0. The van der Waals surface area contributed by atoms with Crippen molar-refractivity contribution < 1.29 is 226 Å². The standard InChI is InChI=1S/C4H10.6Ar/c1-3-4-2;;;;;;/h3-4H2,1-2H3;;;;;;. The molecule has 10 heavy (non-hydrogen) atoms. The third-order valence-electron chi connectivity index (χ3n) is 0.500. The van der Waals surface area contributed by atoms with E-state index in [1.165, 1.54) is 12.8 Å². The summed E-state index contributed by atoms with van der Waals surface area (Å²) in [5.41, 5.74) is 0. The van der Waals surface area contributed by atoms with Crippen LogP contribution in [-0.4, -0.2) is 0 Å². The summed E-state index contributed by atoms with van der Waals surface area (Å²) in [7, 11) is 0. The SMILES string of the molecule is CCCC.[Ar].[Ar].[Ar].[Ar].[Ar].[Ar]. The average molecular weight is 298 g/mol. The monoisotopic (exact) mass is 298 g/mol. The first-order valence-corrected chi connectivity index (χ1v) is 1.91. The van der Waals surface area contributed by atoms with Crippen LogP contribution in [0.2, 0.25) is 0 Å². The van der Waals surface area contributed by atoms with Crippen molar-refractivity contribution in [1.29, 1.82) is 0 Å². The molecule has 0 saturated carbocycles. The number of hydrogen-bond donors (Lipinski definition) is 0. The Labute approximate surface area is 245 Å². The number of unbranched alkanes of at least 4 members (excludes halogenated alkanes) is 1. The maximum absolute atomic E-state index is 2.18. The zero-order valence-electron chi connectivity index (χ0n) is 5.54. The molecule has 0 unspecified atom stereocenters. The zero-order valence-corrected chi connectivity index (χ0v) is 9.78. The fourth-order valence-electron chi connectivity index (χ4n) is 0. The molecule has 0 N–H and O–H groups in total. The molecule has 74 valence electrons. The van der Waals surface area contributed by atoms with Gasteiger partial charge in [0.2, 0.25) is 0 Å². The zero-order chi connectivity index (χ0) is 3.41. The maximum Gasteiger partial charge on any atom is 0 e. The summed E-state index contributed by atoms with van der Waals surface area (Å²) in [6.45, 7) is 4.36. The Morgan fingerprint density at radius 3 is 0.600 bits per heavy atom. The fourth-order valence-corrected chi connectivity index (χ4v) is 0. The van der Waals surface area contributed by atoms with Crippen LogP contribution in [0.4, 0.5) is 0 Å². The van der Waals surface area contributed by atoms with Gasteiger partial charge in [-0.05, 0) is 0 Å². The van der Waals surface area contributed by atoms with Crippen molar-refractivity contribution in [1.82, 2.24) is 0 Å². The van der Waals surface area contributed by atoms with Crippen LogP contribution in [0, 0.1) is 226 Å². The van der Waals surface area contributed by atoms with E-state index in [4.69, 9.17) is 0 Å². The summed E-state index contributed by atoms with van der Waals surface area (Å²) in [5.74, 6) is 0. The predicted octanol–water partition coefficient (Wildman–Crippen LogP) is 1.81. The summed E-state index contributed by atoms with van der Waals surface area (Å²) >= 11 is 0. The van der Waals surface area contributed by atoms with Crippen molar-refractivity contribution in [3.05, 3.63) is 0 Å². The Bertz CT molecular complexity index is 11.7. The molecule has 0 aromatic heterocycles. The van der Waals surface area contributed by atoms with Crippen LogP contribution in [0.25, 0.3) is 0 Å². The van der Waals surface area contributed by atoms with E-state index in [1.54, 1.807) is 0 Å². The summed E-state index contributed by atoms with van der Waals surface area (Å²) in [4.78, 5) is 0. The van der Waals surface area contributed by atoms with Gasteiger partial charge in [-0.1, -0.05) is 26.7 Å². The van der Waals surface area contributed by atoms with Crippen molar-refractivity contribution in [3.8, 4) is 0 Å². The summed E-state index contributed by atoms with van der Waals surface area (Å²) in [6.07, 6.45) is 2.64. The van der Waals surface area contributed by atoms with Crippen molar-refractivity contribution >= 4 is 0 Å². The van der Waals surface area contributed by atoms with Crippen LogP contribution in [-0.2, 0) is 0 Å². The van der Waals surface area contributed by atoms with E-state index >= 15 is 0 Å². The molecular formula is C4H10Ar6. The van der Waals surface area contributed by atoms with Gasteiger partial charge in [-0.2, -0.15) is 0 Å². The van der Waals surface area contributed by atoms with E-state index in [0.29, 0.717) is 0 Å². The fraction of sp³-hybridized carbons (Fsp3) is 1.00. The van der Waals surface area contributed by atoms with E-state index in [2.05, 4.69) is 13.8 Å². The van der Waals surface area contributed by atoms with E-state index in [1.807, 2.05) is 0 Å². The van der Waals surface area contributed by atoms with Gasteiger partial charge in [0.25, 0.3) is 0 Å². The van der Waals surface area contributed by atoms with E-state index < -0.39 is 0 Å². The molecule has 0 aliphatic heterocycles. The third-order valence-corrected chi connectivity index (χ3v) is 0.500. The van der Waals surface area contributed by atoms with Gasteiger partial charge in [-0.25, -0.2) is 0 Å². The molecule has 0 rings (SSSR count). The van der Waals surface area contributed by atoms with Crippen LogP contribution in [0.3, 0.4) is 0 Å². The van der Waals surface area contributed by atoms with Gasteiger partial charge in [0.1, 0.15) is 0 Å². The third kappa shape index (κ3) is 45.0. The van der Waals surface area contributed by atoms with Crippen LogP contribution in [0.5, 0.6) is 0 Å². The molecule has 0 atom stereocenters. The summed E-state index contributed by atoms with van der Waals surface area (Å²) in [6, 6.07) is 0. The summed E-state index contributed by atoms with van der Waals surface area (Å²) in [5, 5.41) is 0. The molecule has 0 radical (unpaired) electrons. The van der Waals surface area contributed by atoms with Crippen LogP contribution < -0.4 is 0 Å². The second kappa shape index (κ2) is 43.9. The average Bonchev–Trinajstić information content (AvgIpc) is 1.37. The molecule has 0 aromatic rings. The van der Waals surface area contributed by atoms with Crippen LogP contribution in [0.1, 0.15) is 26.7 Å². The molecular weight excluding hydrogens is 288 g/mol. The molecule has 0 aliphatic rings. The molecule has 0 aromatic carbocycles. The Hall–Kier alpha value is 7.56. The van der Waals surface area contributed by atoms with Gasteiger partial charge in [-0.3, -0.25) is 0 Å². The normalized spacial score (nSPS) is 3.00. The first-order valence-electron chi connectivity index (χ1n) is 1.91. The van der Waals surface area contributed by atoms with Gasteiger partial charge in [0.15, 0.2) is 0 Å². The predicted molar refractivity (Wildman–Crippen MR) is 20.6 cm³/mol. The minimum absolute atomic E-state index is 0. The molecule has 0 spiro atoms. The Kier molecular flexibility index (Phi) is 189.